The highest BCUT2D eigenvalue weighted by Crippen LogP contribution is 2.45. The Hall–Kier alpha value is -2.92. The molecule has 4 rings (SSSR count). The van der Waals surface area contributed by atoms with Crippen molar-refractivity contribution < 1.29 is 22.8 Å². The van der Waals surface area contributed by atoms with Gasteiger partial charge in [-0.2, -0.15) is 18.3 Å². The number of carbonyl (C=O) groups is 2. The van der Waals surface area contributed by atoms with E-state index in [1.807, 2.05) is 6.92 Å². The van der Waals surface area contributed by atoms with Gasteiger partial charge in [-0.25, -0.2) is 9.67 Å². The van der Waals surface area contributed by atoms with Crippen molar-refractivity contribution in [3.05, 3.63) is 23.9 Å². The number of anilines is 1. The number of fused-ring (bicyclic) bond motifs is 1. The standard InChI is InChI=1S/C18H22F3N7O2/c1-10-5-14-26(2)17(30)13(3-4-28(14)24-10)23-16(29)15-22-9-27(25-15)8-11-6-12(7-11)18(19,20)21/h5,9,11-13H,3-4,6-8H2,1-2H3,(H,23,29)/t11-,12+,13-/m0/s1. The molecular weight excluding hydrogens is 403 g/mol. The largest absolute Gasteiger partial charge is 0.391 e. The van der Waals surface area contributed by atoms with Crippen LogP contribution in [0.3, 0.4) is 0 Å². The summed E-state index contributed by atoms with van der Waals surface area (Å²) in [6.45, 7) is 2.58. The Morgan fingerprint density at radius 2 is 2.03 bits per heavy atom. The number of nitrogens with zero attached hydrogens (tertiary/aromatic N) is 6. The Bertz CT molecular complexity index is 961. The SMILES string of the molecule is Cc1cc2n(n1)CC[C@H](NC(=O)c1ncn(C[C@H]3C[C@@H](C(F)(F)F)C3)n1)C(=O)N2C. The second-order valence-corrected chi connectivity index (χ2v) is 7.95. The number of hydrogen-bond donors (Lipinski definition) is 1. The monoisotopic (exact) mass is 425 g/mol. The Balaban J connectivity index is 1.35. The van der Waals surface area contributed by atoms with Crippen LogP contribution in [0.15, 0.2) is 12.4 Å². The van der Waals surface area contributed by atoms with Crippen LogP contribution in [0.4, 0.5) is 19.0 Å². The number of aryl methyl sites for hydroxylation is 2. The molecule has 2 aromatic rings. The summed E-state index contributed by atoms with van der Waals surface area (Å²) in [5.41, 5.74) is 0.801. The molecule has 1 aliphatic carbocycles. The maximum atomic E-state index is 12.7. The molecule has 0 aromatic carbocycles. The minimum Gasteiger partial charge on any atom is -0.337 e. The fourth-order valence-corrected chi connectivity index (χ4v) is 3.95. The third kappa shape index (κ3) is 3.90. The molecule has 9 nitrogen and oxygen atoms in total. The lowest BCUT2D eigenvalue weighted by atomic mass is 9.74. The molecule has 1 N–H and O–H groups in total. The van der Waals surface area contributed by atoms with E-state index >= 15 is 0 Å². The predicted octanol–water partition coefficient (Wildman–Crippen LogP) is 1.54. The normalized spacial score (nSPS) is 24.2. The molecule has 0 bridgehead atoms. The van der Waals surface area contributed by atoms with Crippen molar-refractivity contribution in [3.8, 4) is 0 Å². The van der Waals surface area contributed by atoms with Crippen molar-refractivity contribution >= 4 is 17.6 Å². The van der Waals surface area contributed by atoms with Crippen molar-refractivity contribution in [3.63, 3.8) is 0 Å². The average molecular weight is 425 g/mol. The second-order valence-electron chi connectivity index (χ2n) is 7.95. The number of rotatable bonds is 4. The summed E-state index contributed by atoms with van der Waals surface area (Å²) in [7, 11) is 1.62. The molecule has 2 amide bonds. The number of amides is 2. The van der Waals surface area contributed by atoms with Crippen molar-refractivity contribution in [1.29, 1.82) is 0 Å². The fourth-order valence-electron chi connectivity index (χ4n) is 3.95. The molecule has 0 spiro atoms. The second kappa shape index (κ2) is 7.40. The number of carbonyl (C=O) groups excluding carboxylic acids is 2. The van der Waals surface area contributed by atoms with Crippen LogP contribution in [0.1, 0.15) is 35.6 Å². The highest BCUT2D eigenvalue weighted by atomic mass is 19.4. The van der Waals surface area contributed by atoms with Gasteiger partial charge in [-0.3, -0.25) is 19.2 Å². The van der Waals surface area contributed by atoms with Crippen molar-refractivity contribution in [1.82, 2.24) is 29.9 Å². The lowest BCUT2D eigenvalue weighted by Crippen LogP contribution is -2.47. The molecule has 0 saturated heterocycles. The van der Waals surface area contributed by atoms with E-state index in [-0.39, 0.29) is 37.0 Å². The molecule has 162 valence electrons. The van der Waals surface area contributed by atoms with Crippen LogP contribution in [0.5, 0.6) is 0 Å². The Morgan fingerprint density at radius 3 is 2.73 bits per heavy atom. The van der Waals surface area contributed by atoms with E-state index in [4.69, 9.17) is 0 Å². The zero-order valence-corrected chi connectivity index (χ0v) is 16.6. The predicted molar refractivity (Wildman–Crippen MR) is 98.5 cm³/mol. The van der Waals surface area contributed by atoms with Crippen LogP contribution in [0.25, 0.3) is 0 Å². The molecule has 0 radical (unpaired) electrons. The molecule has 12 heteroatoms. The molecular formula is C18H22F3N7O2. The van der Waals surface area contributed by atoms with E-state index in [9.17, 15) is 22.8 Å². The van der Waals surface area contributed by atoms with E-state index in [0.717, 1.165) is 5.69 Å². The highest BCUT2D eigenvalue weighted by Gasteiger charge is 2.47. The first kappa shape index (κ1) is 20.4. The summed E-state index contributed by atoms with van der Waals surface area (Å²) in [5.74, 6) is -1.72. The van der Waals surface area contributed by atoms with Crippen LogP contribution in [0.2, 0.25) is 0 Å². The summed E-state index contributed by atoms with van der Waals surface area (Å²) in [5, 5.41) is 11.1. The maximum Gasteiger partial charge on any atom is 0.391 e. The number of halogens is 3. The first-order chi connectivity index (χ1) is 14.1. The zero-order valence-electron chi connectivity index (χ0n) is 16.6. The Kier molecular flexibility index (Phi) is 5.02. The number of likely N-dealkylation sites (N-methyl/N-ethyl adjacent to an activating group) is 1. The van der Waals surface area contributed by atoms with Gasteiger partial charge in [-0.05, 0) is 32.1 Å². The van der Waals surface area contributed by atoms with Gasteiger partial charge in [0.2, 0.25) is 5.82 Å². The number of nitrogens with one attached hydrogen (secondary N) is 1. The van der Waals surface area contributed by atoms with E-state index in [1.165, 1.54) is 15.9 Å². The topological polar surface area (TPSA) is 97.9 Å². The van der Waals surface area contributed by atoms with Crippen molar-refractivity contribution in [2.75, 3.05) is 11.9 Å². The summed E-state index contributed by atoms with van der Waals surface area (Å²) in [6, 6.07) is 1.05. The summed E-state index contributed by atoms with van der Waals surface area (Å²) < 4.78 is 40.9. The van der Waals surface area contributed by atoms with Gasteiger partial charge in [-0.15, -0.1) is 5.10 Å². The van der Waals surface area contributed by atoms with Crippen LogP contribution < -0.4 is 10.2 Å². The third-order valence-electron chi connectivity index (χ3n) is 5.67. The van der Waals surface area contributed by atoms with Gasteiger partial charge in [-0.1, -0.05) is 0 Å². The van der Waals surface area contributed by atoms with Gasteiger partial charge in [0.25, 0.3) is 11.8 Å². The molecule has 3 heterocycles. The Labute approximate surface area is 170 Å². The molecule has 2 aromatic heterocycles. The Morgan fingerprint density at radius 1 is 1.30 bits per heavy atom. The van der Waals surface area contributed by atoms with Gasteiger partial charge in [0.1, 0.15) is 18.2 Å². The molecule has 1 fully saturated rings. The summed E-state index contributed by atoms with van der Waals surface area (Å²) in [6.07, 6.45) is -2.35. The van der Waals surface area contributed by atoms with Gasteiger partial charge in [0.05, 0.1) is 11.6 Å². The summed E-state index contributed by atoms with van der Waals surface area (Å²) >= 11 is 0. The zero-order chi connectivity index (χ0) is 21.6. The maximum absolute atomic E-state index is 12.7. The minimum atomic E-state index is -4.16. The molecule has 1 aliphatic heterocycles. The number of aromatic nitrogens is 5. The third-order valence-corrected chi connectivity index (χ3v) is 5.67. The van der Waals surface area contributed by atoms with Crippen LogP contribution in [-0.4, -0.2) is 55.6 Å². The lowest BCUT2D eigenvalue weighted by molar-refractivity contribution is -0.205. The van der Waals surface area contributed by atoms with Gasteiger partial charge in [0, 0.05) is 26.2 Å². The quantitative estimate of drug-likeness (QED) is 0.801. The highest BCUT2D eigenvalue weighted by molar-refractivity contribution is 6.00. The van der Waals surface area contributed by atoms with Crippen molar-refractivity contribution in [2.45, 2.75) is 51.5 Å². The van der Waals surface area contributed by atoms with Crippen molar-refractivity contribution in [2.24, 2.45) is 11.8 Å². The van der Waals surface area contributed by atoms with Gasteiger partial charge < -0.3 is 5.32 Å². The first-order valence-electron chi connectivity index (χ1n) is 9.71. The van der Waals surface area contributed by atoms with E-state index in [2.05, 4.69) is 20.5 Å². The van der Waals surface area contributed by atoms with E-state index in [1.54, 1.807) is 17.8 Å². The fraction of sp³-hybridized carbons (Fsp3) is 0.611. The molecule has 2 aliphatic rings. The molecule has 30 heavy (non-hydrogen) atoms. The van der Waals surface area contributed by atoms with Crippen LogP contribution in [0, 0.1) is 18.8 Å². The van der Waals surface area contributed by atoms with E-state index in [0.29, 0.717) is 18.8 Å². The smallest absolute Gasteiger partial charge is 0.337 e. The summed E-state index contributed by atoms with van der Waals surface area (Å²) in [4.78, 5) is 30.6. The average Bonchev–Trinajstić information content (AvgIpc) is 3.23. The van der Waals surface area contributed by atoms with Crippen LogP contribution in [-0.2, 0) is 17.9 Å². The molecule has 0 unspecified atom stereocenters. The first-order valence-corrected chi connectivity index (χ1v) is 9.71. The number of hydrogen-bond acceptors (Lipinski definition) is 5. The van der Waals surface area contributed by atoms with Gasteiger partial charge in [0.15, 0.2) is 0 Å². The van der Waals surface area contributed by atoms with E-state index < -0.39 is 24.0 Å². The molecule has 1 saturated carbocycles. The minimum absolute atomic E-state index is 0.0576. The van der Waals surface area contributed by atoms with Gasteiger partial charge >= 0.3 is 6.18 Å². The lowest BCUT2D eigenvalue weighted by Gasteiger charge is -2.36. The molecule has 1 atom stereocenters. The number of alkyl halides is 3. The van der Waals surface area contributed by atoms with Crippen LogP contribution >= 0.6 is 0 Å².